The smallest absolute Gasteiger partial charge is 0.303 e. The monoisotopic (exact) mass is 485 g/mol. The molecule has 0 saturated heterocycles. The van der Waals surface area contributed by atoms with Crippen LogP contribution in [0.2, 0.25) is 0 Å². The van der Waals surface area contributed by atoms with Crippen LogP contribution in [0, 0.1) is 11.8 Å². The maximum atomic E-state index is 12.7. The Labute approximate surface area is 213 Å². The highest BCUT2D eigenvalue weighted by Crippen LogP contribution is 2.49. The lowest BCUT2D eigenvalue weighted by Gasteiger charge is -2.09. The molecule has 36 heavy (non-hydrogen) atoms. The number of nitrogens with one attached hydrogen (secondary N) is 1. The molecule has 1 fully saturated rings. The van der Waals surface area contributed by atoms with Gasteiger partial charge in [0.1, 0.15) is 5.75 Å². The van der Waals surface area contributed by atoms with E-state index >= 15 is 0 Å². The van der Waals surface area contributed by atoms with Crippen LogP contribution in [0.25, 0.3) is 0 Å². The van der Waals surface area contributed by atoms with Gasteiger partial charge in [0.15, 0.2) is 0 Å². The molecular weight excluding hydrogens is 450 g/mol. The van der Waals surface area contributed by atoms with Crippen LogP contribution in [-0.2, 0) is 17.6 Å². The Morgan fingerprint density at radius 3 is 2.42 bits per heavy atom. The number of rotatable bonds is 12. The van der Waals surface area contributed by atoms with Gasteiger partial charge in [0.05, 0.1) is 6.61 Å². The van der Waals surface area contributed by atoms with Crippen LogP contribution in [0.4, 0.5) is 5.69 Å². The summed E-state index contributed by atoms with van der Waals surface area (Å²) in [6, 6.07) is 24.2. The van der Waals surface area contributed by atoms with Gasteiger partial charge in [-0.15, -0.1) is 0 Å². The van der Waals surface area contributed by atoms with Crippen LogP contribution < -0.4 is 10.1 Å². The number of carboxylic acid groups (broad SMARTS) is 1. The third kappa shape index (κ3) is 7.45. The SMILES string of the molecule is CC(C)Cc1ccc(CC2CC2c2ccc(NC(=O)c3cccc(OCCCC(=O)O)c3)cc2)cc1. The quantitative estimate of drug-likeness (QED) is 0.279. The number of carbonyl (C=O) groups excluding carboxylic acids is 1. The Morgan fingerprint density at radius 1 is 1.00 bits per heavy atom. The second-order valence-electron chi connectivity index (χ2n) is 10.2. The standard InChI is InChI=1S/C31H35NO4/c1-21(2)17-22-8-10-23(11-9-22)18-26-20-29(26)24-12-14-27(15-13-24)32-31(35)25-5-3-6-28(19-25)36-16-4-7-30(33)34/h3,5-6,8-15,19,21,26,29H,4,7,16-18,20H2,1-2H3,(H,32,35)(H,33,34). The van der Waals surface area contributed by atoms with E-state index in [9.17, 15) is 9.59 Å². The molecule has 0 aliphatic heterocycles. The van der Waals surface area contributed by atoms with E-state index in [1.165, 1.54) is 23.1 Å². The van der Waals surface area contributed by atoms with Crippen molar-refractivity contribution in [2.45, 2.75) is 51.9 Å². The molecule has 0 radical (unpaired) electrons. The molecule has 5 heteroatoms. The molecule has 0 heterocycles. The highest BCUT2D eigenvalue weighted by molar-refractivity contribution is 6.04. The van der Waals surface area contributed by atoms with E-state index in [0.29, 0.717) is 42.1 Å². The first-order valence-corrected chi connectivity index (χ1v) is 12.8. The number of hydrogen-bond acceptors (Lipinski definition) is 3. The number of aliphatic carboxylic acids is 1. The minimum Gasteiger partial charge on any atom is -0.494 e. The van der Waals surface area contributed by atoms with Crippen molar-refractivity contribution >= 4 is 17.6 Å². The van der Waals surface area contributed by atoms with Gasteiger partial charge in [-0.3, -0.25) is 9.59 Å². The molecule has 3 aromatic rings. The minimum absolute atomic E-state index is 0.0588. The summed E-state index contributed by atoms with van der Waals surface area (Å²) in [6.07, 6.45) is 3.93. The van der Waals surface area contributed by atoms with Gasteiger partial charge in [-0.25, -0.2) is 0 Å². The van der Waals surface area contributed by atoms with Crippen molar-refractivity contribution < 1.29 is 19.4 Å². The molecule has 4 rings (SSSR count). The highest BCUT2D eigenvalue weighted by atomic mass is 16.5. The number of anilines is 1. The van der Waals surface area contributed by atoms with Crippen molar-refractivity contribution in [1.82, 2.24) is 0 Å². The van der Waals surface area contributed by atoms with E-state index in [4.69, 9.17) is 9.84 Å². The Kier molecular flexibility index (Phi) is 8.42. The average Bonchev–Trinajstić information content (AvgIpc) is 3.62. The fraction of sp³-hybridized carbons (Fsp3) is 0.355. The number of benzene rings is 3. The van der Waals surface area contributed by atoms with Gasteiger partial charge in [-0.05, 0) is 90.5 Å². The number of carbonyl (C=O) groups is 2. The zero-order valence-electron chi connectivity index (χ0n) is 21.1. The van der Waals surface area contributed by atoms with E-state index in [2.05, 4.69) is 55.6 Å². The van der Waals surface area contributed by atoms with E-state index in [0.717, 1.165) is 18.5 Å². The number of carboxylic acids is 1. The third-order valence-electron chi connectivity index (χ3n) is 6.58. The van der Waals surface area contributed by atoms with Crippen LogP contribution >= 0.6 is 0 Å². The Bertz CT molecular complexity index is 1170. The second kappa shape index (κ2) is 11.9. The second-order valence-corrected chi connectivity index (χ2v) is 10.2. The molecule has 5 nitrogen and oxygen atoms in total. The molecule has 0 bridgehead atoms. The van der Waals surface area contributed by atoms with Crippen molar-refractivity contribution in [3.8, 4) is 5.75 Å². The van der Waals surface area contributed by atoms with Crippen LogP contribution in [0.5, 0.6) is 5.75 Å². The maximum Gasteiger partial charge on any atom is 0.303 e. The molecular formula is C31H35NO4. The van der Waals surface area contributed by atoms with Crippen molar-refractivity contribution in [3.63, 3.8) is 0 Å². The largest absolute Gasteiger partial charge is 0.494 e. The van der Waals surface area contributed by atoms with Gasteiger partial charge in [0, 0.05) is 17.7 Å². The van der Waals surface area contributed by atoms with Gasteiger partial charge in [-0.2, -0.15) is 0 Å². The Morgan fingerprint density at radius 2 is 1.72 bits per heavy atom. The fourth-order valence-corrected chi connectivity index (χ4v) is 4.62. The first-order valence-electron chi connectivity index (χ1n) is 12.8. The normalized spacial score (nSPS) is 16.5. The van der Waals surface area contributed by atoms with Crippen molar-refractivity contribution in [2.24, 2.45) is 11.8 Å². The molecule has 1 saturated carbocycles. The zero-order valence-corrected chi connectivity index (χ0v) is 21.1. The Balaban J connectivity index is 1.26. The molecule has 0 spiro atoms. The molecule has 0 aromatic heterocycles. The third-order valence-corrected chi connectivity index (χ3v) is 6.58. The van der Waals surface area contributed by atoms with Crippen LogP contribution in [-0.4, -0.2) is 23.6 Å². The van der Waals surface area contributed by atoms with E-state index in [-0.39, 0.29) is 12.3 Å². The van der Waals surface area contributed by atoms with Crippen LogP contribution in [0.3, 0.4) is 0 Å². The zero-order chi connectivity index (χ0) is 25.5. The maximum absolute atomic E-state index is 12.7. The Hall–Kier alpha value is -3.60. The molecule has 2 N–H and O–H groups in total. The average molecular weight is 486 g/mol. The van der Waals surface area contributed by atoms with E-state index in [1.54, 1.807) is 24.3 Å². The summed E-state index contributed by atoms with van der Waals surface area (Å²) >= 11 is 0. The summed E-state index contributed by atoms with van der Waals surface area (Å²) in [4.78, 5) is 23.3. The van der Waals surface area contributed by atoms with Crippen LogP contribution in [0.15, 0.2) is 72.8 Å². The van der Waals surface area contributed by atoms with Gasteiger partial charge in [0.2, 0.25) is 0 Å². The van der Waals surface area contributed by atoms with E-state index in [1.807, 2.05) is 12.1 Å². The van der Waals surface area contributed by atoms with Crippen LogP contribution in [0.1, 0.15) is 66.1 Å². The summed E-state index contributed by atoms with van der Waals surface area (Å²) in [5.74, 6) is 1.44. The molecule has 3 aromatic carbocycles. The van der Waals surface area contributed by atoms with Crippen molar-refractivity contribution in [2.75, 3.05) is 11.9 Å². The van der Waals surface area contributed by atoms with Crippen molar-refractivity contribution in [3.05, 3.63) is 95.1 Å². The summed E-state index contributed by atoms with van der Waals surface area (Å²) in [5, 5.41) is 11.7. The molecule has 2 unspecified atom stereocenters. The molecule has 188 valence electrons. The van der Waals surface area contributed by atoms with Gasteiger partial charge < -0.3 is 15.2 Å². The fourth-order valence-electron chi connectivity index (χ4n) is 4.62. The van der Waals surface area contributed by atoms with Gasteiger partial charge in [-0.1, -0.05) is 56.3 Å². The van der Waals surface area contributed by atoms with Gasteiger partial charge in [0.25, 0.3) is 5.91 Å². The van der Waals surface area contributed by atoms with Crippen molar-refractivity contribution in [1.29, 1.82) is 0 Å². The minimum atomic E-state index is -0.846. The predicted molar refractivity (Wildman–Crippen MR) is 143 cm³/mol. The number of ether oxygens (including phenoxy) is 1. The number of hydrogen-bond donors (Lipinski definition) is 2. The lowest BCUT2D eigenvalue weighted by molar-refractivity contribution is -0.137. The lowest BCUT2D eigenvalue weighted by Crippen LogP contribution is -2.12. The number of amides is 1. The summed E-state index contributed by atoms with van der Waals surface area (Å²) in [5.41, 5.74) is 5.40. The molecule has 1 aliphatic rings. The molecule has 1 aliphatic carbocycles. The first kappa shape index (κ1) is 25.5. The highest BCUT2D eigenvalue weighted by Gasteiger charge is 2.37. The molecule has 1 amide bonds. The molecule has 2 atom stereocenters. The van der Waals surface area contributed by atoms with Gasteiger partial charge >= 0.3 is 5.97 Å². The van der Waals surface area contributed by atoms with E-state index < -0.39 is 5.97 Å². The summed E-state index contributed by atoms with van der Waals surface area (Å²) in [6.45, 7) is 4.80. The topological polar surface area (TPSA) is 75.6 Å². The lowest BCUT2D eigenvalue weighted by atomic mass is 9.99. The first-order chi connectivity index (χ1) is 17.4. The summed E-state index contributed by atoms with van der Waals surface area (Å²) < 4.78 is 5.58. The summed E-state index contributed by atoms with van der Waals surface area (Å²) in [7, 11) is 0. The predicted octanol–water partition coefficient (Wildman–Crippen LogP) is 6.73.